The first kappa shape index (κ1) is 19.7. The smallest absolute Gasteiger partial charge is 0.257 e. The van der Waals surface area contributed by atoms with E-state index in [1.807, 2.05) is 14.0 Å². The minimum Gasteiger partial charge on any atom is -0.495 e. The Hall–Kier alpha value is -2.01. The van der Waals surface area contributed by atoms with E-state index in [-0.39, 0.29) is 22.6 Å². The molecule has 1 aromatic carbocycles. The Morgan fingerprint density at radius 2 is 2.07 bits per heavy atom. The van der Waals surface area contributed by atoms with Gasteiger partial charge in [-0.05, 0) is 32.2 Å². The lowest BCUT2D eigenvalue weighted by Gasteiger charge is -2.26. The fraction of sp³-hybridized carbons (Fsp3) is 0.529. The molecule has 0 aliphatic carbocycles. The maximum Gasteiger partial charge on any atom is 0.257 e. The van der Waals surface area contributed by atoms with Crippen LogP contribution in [0.15, 0.2) is 27.6 Å². The van der Waals surface area contributed by atoms with Crippen molar-refractivity contribution in [2.45, 2.75) is 24.3 Å². The van der Waals surface area contributed by atoms with Crippen LogP contribution in [0.4, 0.5) is 0 Å². The third-order valence-corrected chi connectivity index (χ3v) is 6.37. The number of morpholine rings is 1. The SMILES string of the molecule is CNC(C)Cc1noc(-c2ccc(OC)c(S(=O)(=O)N3CCOCC3)c2)n1. The first-order chi connectivity index (χ1) is 13.0. The molecule has 0 saturated carbocycles. The molecule has 1 atom stereocenters. The molecule has 0 bridgehead atoms. The third-order valence-electron chi connectivity index (χ3n) is 4.45. The Labute approximate surface area is 158 Å². The van der Waals surface area contributed by atoms with Crippen molar-refractivity contribution in [3.05, 3.63) is 24.0 Å². The molecule has 0 spiro atoms. The average molecular weight is 396 g/mol. The van der Waals surface area contributed by atoms with Gasteiger partial charge >= 0.3 is 0 Å². The van der Waals surface area contributed by atoms with E-state index >= 15 is 0 Å². The van der Waals surface area contributed by atoms with Gasteiger partial charge in [0.15, 0.2) is 5.82 Å². The van der Waals surface area contributed by atoms with Gasteiger partial charge in [0.2, 0.25) is 10.0 Å². The number of methoxy groups -OCH3 is 1. The van der Waals surface area contributed by atoms with Crippen molar-refractivity contribution in [3.63, 3.8) is 0 Å². The van der Waals surface area contributed by atoms with Gasteiger partial charge < -0.3 is 19.3 Å². The molecule has 2 aromatic rings. The highest BCUT2D eigenvalue weighted by Crippen LogP contribution is 2.31. The van der Waals surface area contributed by atoms with Crippen molar-refractivity contribution < 1.29 is 22.4 Å². The zero-order valence-corrected chi connectivity index (χ0v) is 16.5. The van der Waals surface area contributed by atoms with E-state index in [4.69, 9.17) is 14.0 Å². The summed E-state index contributed by atoms with van der Waals surface area (Å²) >= 11 is 0. The average Bonchev–Trinajstić information content (AvgIpc) is 3.16. The van der Waals surface area contributed by atoms with Crippen LogP contribution < -0.4 is 10.1 Å². The minimum atomic E-state index is -3.72. The maximum atomic E-state index is 13.1. The molecule has 2 heterocycles. The maximum absolute atomic E-state index is 13.1. The normalized spacial score (nSPS) is 17.0. The second-order valence-electron chi connectivity index (χ2n) is 6.29. The van der Waals surface area contributed by atoms with Gasteiger partial charge in [0.1, 0.15) is 10.6 Å². The Bertz CT molecular complexity index is 877. The molecule has 1 fully saturated rings. The molecule has 148 valence electrons. The van der Waals surface area contributed by atoms with Crippen LogP contribution in [0.5, 0.6) is 5.75 Å². The van der Waals surface area contributed by atoms with Crippen molar-refractivity contribution in [2.75, 3.05) is 40.5 Å². The fourth-order valence-corrected chi connectivity index (χ4v) is 4.36. The molecule has 1 aliphatic heterocycles. The summed E-state index contributed by atoms with van der Waals surface area (Å²) in [4.78, 5) is 4.45. The lowest BCUT2D eigenvalue weighted by atomic mass is 10.2. The number of hydrogen-bond acceptors (Lipinski definition) is 8. The van der Waals surface area contributed by atoms with Crippen LogP contribution in [0.1, 0.15) is 12.7 Å². The van der Waals surface area contributed by atoms with Crippen LogP contribution >= 0.6 is 0 Å². The Kier molecular flexibility index (Phi) is 6.10. The van der Waals surface area contributed by atoms with E-state index in [9.17, 15) is 8.42 Å². The van der Waals surface area contributed by atoms with Crippen LogP contribution in [0, 0.1) is 0 Å². The lowest BCUT2D eigenvalue weighted by molar-refractivity contribution is 0.0729. The van der Waals surface area contributed by atoms with Crippen molar-refractivity contribution in [3.8, 4) is 17.2 Å². The van der Waals surface area contributed by atoms with E-state index in [1.54, 1.807) is 12.1 Å². The molecule has 1 unspecified atom stereocenters. The molecule has 1 N–H and O–H groups in total. The number of nitrogens with one attached hydrogen (secondary N) is 1. The summed E-state index contributed by atoms with van der Waals surface area (Å²) in [6, 6.07) is 5.02. The van der Waals surface area contributed by atoms with Crippen molar-refractivity contribution >= 4 is 10.0 Å². The Balaban J connectivity index is 1.94. The van der Waals surface area contributed by atoms with Crippen molar-refractivity contribution in [1.29, 1.82) is 0 Å². The molecule has 0 amide bonds. The van der Waals surface area contributed by atoms with Crippen LogP contribution in [-0.4, -0.2) is 69.4 Å². The number of hydrogen-bond donors (Lipinski definition) is 1. The van der Waals surface area contributed by atoms with Crippen LogP contribution in [0.25, 0.3) is 11.5 Å². The number of aromatic nitrogens is 2. The Morgan fingerprint density at radius 3 is 2.74 bits per heavy atom. The highest BCUT2D eigenvalue weighted by Gasteiger charge is 2.30. The predicted molar refractivity (Wildman–Crippen MR) is 98.1 cm³/mol. The monoisotopic (exact) mass is 396 g/mol. The van der Waals surface area contributed by atoms with Crippen LogP contribution in [0.2, 0.25) is 0 Å². The minimum absolute atomic E-state index is 0.0766. The molecule has 1 saturated heterocycles. The largest absolute Gasteiger partial charge is 0.495 e. The van der Waals surface area contributed by atoms with Crippen molar-refractivity contribution in [2.24, 2.45) is 0 Å². The summed E-state index contributed by atoms with van der Waals surface area (Å²) in [6.45, 7) is 3.37. The van der Waals surface area contributed by atoms with Gasteiger partial charge in [0.05, 0.1) is 20.3 Å². The van der Waals surface area contributed by atoms with Gasteiger partial charge in [-0.15, -0.1) is 0 Å². The summed E-state index contributed by atoms with van der Waals surface area (Å²) < 4.78 is 43.4. The number of rotatable bonds is 7. The number of sulfonamides is 1. The molecule has 9 nitrogen and oxygen atoms in total. The molecule has 0 radical (unpaired) electrons. The second-order valence-corrected chi connectivity index (χ2v) is 8.20. The first-order valence-corrected chi connectivity index (χ1v) is 10.2. The summed E-state index contributed by atoms with van der Waals surface area (Å²) in [6.07, 6.45) is 0.606. The van der Waals surface area contributed by atoms with Crippen LogP contribution in [0.3, 0.4) is 0 Å². The van der Waals surface area contributed by atoms with E-state index < -0.39 is 10.0 Å². The topological polar surface area (TPSA) is 107 Å². The van der Waals surface area contributed by atoms with E-state index in [0.717, 1.165) is 0 Å². The molecule has 10 heteroatoms. The summed E-state index contributed by atoms with van der Waals surface area (Å²) in [5.74, 6) is 1.10. The van der Waals surface area contributed by atoms with Gasteiger partial charge in [-0.2, -0.15) is 9.29 Å². The first-order valence-electron chi connectivity index (χ1n) is 8.72. The van der Waals surface area contributed by atoms with E-state index in [2.05, 4.69) is 15.5 Å². The second kappa shape index (κ2) is 8.34. The molecule has 1 aliphatic rings. The summed E-state index contributed by atoms with van der Waals surface area (Å²) in [5, 5.41) is 7.08. The van der Waals surface area contributed by atoms with Gasteiger partial charge in [0.25, 0.3) is 5.89 Å². The summed E-state index contributed by atoms with van der Waals surface area (Å²) in [5.41, 5.74) is 0.526. The number of likely N-dealkylation sites (N-methyl/N-ethyl adjacent to an activating group) is 1. The molecule has 27 heavy (non-hydrogen) atoms. The zero-order valence-electron chi connectivity index (χ0n) is 15.6. The molecule has 1 aromatic heterocycles. The third kappa shape index (κ3) is 4.29. The predicted octanol–water partition coefficient (Wildman–Crippen LogP) is 0.916. The molecule has 3 rings (SSSR count). The standard InChI is InChI=1S/C17H24N4O5S/c1-12(18-2)10-16-19-17(26-20-16)13-4-5-14(24-3)15(11-13)27(22,23)21-6-8-25-9-7-21/h4-5,11-12,18H,6-10H2,1-3H3. The van der Waals surface area contributed by atoms with E-state index in [0.29, 0.717) is 44.1 Å². The fourth-order valence-electron chi connectivity index (χ4n) is 2.77. The Morgan fingerprint density at radius 1 is 1.33 bits per heavy atom. The van der Waals surface area contributed by atoms with Gasteiger partial charge in [-0.1, -0.05) is 5.16 Å². The number of ether oxygens (including phenoxy) is 2. The van der Waals surface area contributed by atoms with Gasteiger partial charge in [-0.3, -0.25) is 0 Å². The highest BCUT2D eigenvalue weighted by molar-refractivity contribution is 7.89. The van der Waals surface area contributed by atoms with Gasteiger partial charge in [0, 0.05) is 31.1 Å². The van der Waals surface area contributed by atoms with Crippen LogP contribution in [-0.2, 0) is 21.2 Å². The number of nitrogens with zero attached hydrogens (tertiary/aromatic N) is 3. The zero-order chi connectivity index (χ0) is 19.4. The van der Waals surface area contributed by atoms with Gasteiger partial charge in [-0.25, -0.2) is 8.42 Å². The number of benzene rings is 1. The van der Waals surface area contributed by atoms with Crippen molar-refractivity contribution in [1.82, 2.24) is 19.8 Å². The van der Waals surface area contributed by atoms with E-state index in [1.165, 1.54) is 17.5 Å². The quantitative estimate of drug-likeness (QED) is 0.736. The highest BCUT2D eigenvalue weighted by atomic mass is 32.2. The molecular weight excluding hydrogens is 372 g/mol. The lowest BCUT2D eigenvalue weighted by Crippen LogP contribution is -2.40. The summed E-state index contributed by atoms with van der Waals surface area (Å²) in [7, 11) is -0.422. The molecular formula is C17H24N4O5S.